The number of hydrogen-bond donors (Lipinski definition) is 3. The molecule has 1 amide bonds. The van der Waals surface area contributed by atoms with E-state index >= 15 is 0 Å². The lowest BCUT2D eigenvalue weighted by Crippen LogP contribution is -2.35. The molecule has 0 atom stereocenters. The number of amides is 1. The summed E-state index contributed by atoms with van der Waals surface area (Å²) in [5.41, 5.74) is 1.46. The molecule has 1 aromatic rings. The SMILES string of the molecule is Cc1ccc(NC(=O)C2(C)CC2)c(B(O)O)c1. The van der Waals surface area contributed by atoms with E-state index in [4.69, 9.17) is 0 Å². The third-order valence-corrected chi connectivity index (χ3v) is 3.28. The van der Waals surface area contributed by atoms with Gasteiger partial charge in [0.15, 0.2) is 0 Å². The second-order valence-electron chi connectivity index (χ2n) is 4.98. The van der Waals surface area contributed by atoms with Crippen LogP contribution in [0.2, 0.25) is 0 Å². The fraction of sp³-hybridized carbons (Fsp3) is 0.417. The van der Waals surface area contributed by atoms with Gasteiger partial charge >= 0.3 is 7.12 Å². The van der Waals surface area contributed by atoms with E-state index < -0.39 is 7.12 Å². The average Bonchev–Trinajstić information content (AvgIpc) is 3.00. The molecule has 1 aliphatic carbocycles. The van der Waals surface area contributed by atoms with Gasteiger partial charge in [-0.05, 0) is 25.8 Å². The van der Waals surface area contributed by atoms with Crippen molar-refractivity contribution in [2.75, 3.05) is 5.32 Å². The lowest BCUT2D eigenvalue weighted by atomic mass is 9.78. The summed E-state index contributed by atoms with van der Waals surface area (Å²) >= 11 is 0. The van der Waals surface area contributed by atoms with Gasteiger partial charge in [0, 0.05) is 16.6 Å². The van der Waals surface area contributed by atoms with Crippen LogP contribution in [0.3, 0.4) is 0 Å². The molecular formula is C12H16BNO3. The van der Waals surface area contributed by atoms with Crippen LogP contribution < -0.4 is 10.8 Å². The summed E-state index contributed by atoms with van der Waals surface area (Å²) in [5, 5.41) is 21.3. The molecule has 0 aliphatic heterocycles. The predicted octanol–water partition coefficient (Wildman–Crippen LogP) is 0.413. The Morgan fingerprint density at radius 2 is 2.06 bits per heavy atom. The Bertz CT molecular complexity index is 455. The molecule has 2 rings (SSSR count). The largest absolute Gasteiger partial charge is 0.490 e. The highest BCUT2D eigenvalue weighted by Crippen LogP contribution is 2.45. The number of rotatable bonds is 3. The zero-order valence-electron chi connectivity index (χ0n) is 10.0. The van der Waals surface area contributed by atoms with Crippen LogP contribution in [0.5, 0.6) is 0 Å². The Morgan fingerprint density at radius 3 is 2.59 bits per heavy atom. The average molecular weight is 233 g/mol. The van der Waals surface area contributed by atoms with Crippen molar-refractivity contribution in [2.24, 2.45) is 5.41 Å². The summed E-state index contributed by atoms with van der Waals surface area (Å²) in [6.45, 7) is 3.77. The first-order valence-electron chi connectivity index (χ1n) is 5.70. The Hall–Kier alpha value is -1.33. The summed E-state index contributed by atoms with van der Waals surface area (Å²) < 4.78 is 0. The molecule has 4 nitrogen and oxygen atoms in total. The molecule has 1 saturated carbocycles. The van der Waals surface area contributed by atoms with E-state index in [1.54, 1.807) is 12.1 Å². The standard InChI is InChI=1S/C12H16BNO3/c1-8-3-4-10(9(7-8)13(16)17)14-11(15)12(2)5-6-12/h3-4,7,16-17H,5-6H2,1-2H3,(H,14,15). The van der Waals surface area contributed by atoms with Gasteiger partial charge in [-0.25, -0.2) is 0 Å². The first kappa shape index (κ1) is 12.1. The lowest BCUT2D eigenvalue weighted by Gasteiger charge is -2.14. The number of hydrogen-bond acceptors (Lipinski definition) is 3. The molecular weight excluding hydrogens is 217 g/mol. The molecule has 0 bridgehead atoms. The zero-order valence-corrected chi connectivity index (χ0v) is 10.0. The summed E-state index contributed by atoms with van der Waals surface area (Å²) in [6.07, 6.45) is 1.78. The normalized spacial score (nSPS) is 16.5. The maximum Gasteiger partial charge on any atom is 0.490 e. The van der Waals surface area contributed by atoms with E-state index in [9.17, 15) is 14.8 Å². The van der Waals surface area contributed by atoms with Crippen LogP contribution in [0.1, 0.15) is 25.3 Å². The molecule has 0 aromatic heterocycles. The molecule has 0 radical (unpaired) electrons. The number of carbonyl (C=O) groups excluding carboxylic acids is 1. The van der Waals surface area contributed by atoms with E-state index in [1.165, 1.54) is 0 Å². The first-order valence-corrected chi connectivity index (χ1v) is 5.70. The molecule has 1 fully saturated rings. The van der Waals surface area contributed by atoms with E-state index in [-0.39, 0.29) is 11.3 Å². The molecule has 1 aromatic carbocycles. The van der Waals surface area contributed by atoms with Crippen molar-refractivity contribution < 1.29 is 14.8 Å². The Labute approximate surface area is 101 Å². The molecule has 0 spiro atoms. The lowest BCUT2D eigenvalue weighted by molar-refractivity contribution is -0.120. The number of carbonyl (C=O) groups is 1. The number of nitrogens with one attached hydrogen (secondary N) is 1. The highest BCUT2D eigenvalue weighted by atomic mass is 16.4. The van der Waals surface area contributed by atoms with Crippen molar-refractivity contribution in [3.05, 3.63) is 23.8 Å². The molecule has 17 heavy (non-hydrogen) atoms. The van der Waals surface area contributed by atoms with Crippen molar-refractivity contribution >= 4 is 24.2 Å². The highest BCUT2D eigenvalue weighted by molar-refractivity contribution is 6.60. The van der Waals surface area contributed by atoms with Gasteiger partial charge in [0.2, 0.25) is 5.91 Å². The molecule has 90 valence electrons. The summed E-state index contributed by atoms with van der Waals surface area (Å²) in [6, 6.07) is 5.19. The first-order chi connectivity index (χ1) is 7.92. The van der Waals surface area contributed by atoms with Gasteiger partial charge in [-0.3, -0.25) is 4.79 Å². The van der Waals surface area contributed by atoms with Crippen LogP contribution in [0.25, 0.3) is 0 Å². The predicted molar refractivity (Wildman–Crippen MR) is 67.0 cm³/mol. The molecule has 3 N–H and O–H groups in total. The maximum atomic E-state index is 11.9. The molecule has 5 heteroatoms. The van der Waals surface area contributed by atoms with Crippen molar-refractivity contribution in [2.45, 2.75) is 26.7 Å². The van der Waals surface area contributed by atoms with Gasteiger partial charge < -0.3 is 15.4 Å². The Balaban J connectivity index is 2.23. The van der Waals surface area contributed by atoms with Crippen molar-refractivity contribution in [3.8, 4) is 0 Å². The van der Waals surface area contributed by atoms with E-state index in [0.717, 1.165) is 18.4 Å². The van der Waals surface area contributed by atoms with Gasteiger partial charge in [-0.2, -0.15) is 0 Å². The Kier molecular flexibility index (Phi) is 2.97. The maximum absolute atomic E-state index is 11.9. The van der Waals surface area contributed by atoms with Crippen molar-refractivity contribution in [1.29, 1.82) is 0 Å². The van der Waals surface area contributed by atoms with Crippen LogP contribution in [0.15, 0.2) is 18.2 Å². The molecule has 1 aliphatic rings. The third kappa shape index (κ3) is 2.51. The van der Waals surface area contributed by atoms with E-state index in [1.807, 2.05) is 19.9 Å². The number of aryl methyl sites for hydroxylation is 1. The fourth-order valence-electron chi connectivity index (χ4n) is 1.70. The van der Waals surface area contributed by atoms with Gasteiger partial charge in [-0.1, -0.05) is 24.6 Å². The van der Waals surface area contributed by atoms with Crippen LogP contribution in [-0.4, -0.2) is 23.1 Å². The van der Waals surface area contributed by atoms with Gasteiger partial charge in [0.05, 0.1) is 0 Å². The van der Waals surface area contributed by atoms with Crippen molar-refractivity contribution in [3.63, 3.8) is 0 Å². The van der Waals surface area contributed by atoms with Gasteiger partial charge in [0.25, 0.3) is 0 Å². The van der Waals surface area contributed by atoms with E-state index in [2.05, 4.69) is 5.32 Å². The minimum Gasteiger partial charge on any atom is -0.423 e. The second kappa shape index (κ2) is 4.16. The van der Waals surface area contributed by atoms with E-state index in [0.29, 0.717) is 11.2 Å². The fourth-order valence-corrected chi connectivity index (χ4v) is 1.70. The van der Waals surface area contributed by atoms with Crippen molar-refractivity contribution in [1.82, 2.24) is 0 Å². The van der Waals surface area contributed by atoms with Crippen LogP contribution in [0, 0.1) is 12.3 Å². The molecule has 0 saturated heterocycles. The molecule has 0 heterocycles. The Morgan fingerprint density at radius 1 is 1.41 bits per heavy atom. The van der Waals surface area contributed by atoms with Crippen LogP contribution >= 0.6 is 0 Å². The van der Waals surface area contributed by atoms with Gasteiger partial charge in [-0.15, -0.1) is 0 Å². The monoisotopic (exact) mass is 233 g/mol. The molecule has 0 unspecified atom stereocenters. The van der Waals surface area contributed by atoms with Gasteiger partial charge in [0.1, 0.15) is 0 Å². The highest BCUT2D eigenvalue weighted by Gasteiger charge is 2.45. The minimum atomic E-state index is -1.57. The van der Waals surface area contributed by atoms with Crippen LogP contribution in [-0.2, 0) is 4.79 Å². The topological polar surface area (TPSA) is 69.6 Å². The number of anilines is 1. The summed E-state index contributed by atoms with van der Waals surface area (Å²) in [7, 11) is -1.57. The zero-order chi connectivity index (χ0) is 12.6. The smallest absolute Gasteiger partial charge is 0.423 e. The number of benzene rings is 1. The quantitative estimate of drug-likeness (QED) is 0.662. The summed E-state index contributed by atoms with van der Waals surface area (Å²) in [5.74, 6) is -0.0525. The third-order valence-electron chi connectivity index (χ3n) is 3.28. The second-order valence-corrected chi connectivity index (χ2v) is 4.98. The van der Waals surface area contributed by atoms with Crippen LogP contribution in [0.4, 0.5) is 5.69 Å². The summed E-state index contributed by atoms with van der Waals surface area (Å²) in [4.78, 5) is 11.9. The minimum absolute atomic E-state index is 0.0525.